The van der Waals surface area contributed by atoms with Gasteiger partial charge >= 0.3 is 23.9 Å². The SMILES string of the molecule is CCOC(=O)CC(=O)O[C@@H]1CCCC[C@H]1OC(=O)CC(=O)OCC. The van der Waals surface area contributed by atoms with Crippen molar-refractivity contribution in [1.82, 2.24) is 0 Å². The van der Waals surface area contributed by atoms with E-state index in [0.29, 0.717) is 12.8 Å². The molecule has 0 unspecified atom stereocenters. The Bertz CT molecular complexity index is 417. The Morgan fingerprint density at radius 2 is 1.08 bits per heavy atom. The van der Waals surface area contributed by atoms with Crippen LogP contribution < -0.4 is 0 Å². The third kappa shape index (κ3) is 7.43. The molecular formula is C16H24O8. The van der Waals surface area contributed by atoms with Crippen LogP contribution in [0.25, 0.3) is 0 Å². The minimum absolute atomic E-state index is 0.184. The van der Waals surface area contributed by atoms with Gasteiger partial charge < -0.3 is 18.9 Å². The second-order valence-electron chi connectivity index (χ2n) is 5.30. The maximum Gasteiger partial charge on any atom is 0.317 e. The summed E-state index contributed by atoms with van der Waals surface area (Å²) in [6.07, 6.45) is 0.519. The topological polar surface area (TPSA) is 105 Å². The van der Waals surface area contributed by atoms with Crippen molar-refractivity contribution in [3.63, 3.8) is 0 Å². The van der Waals surface area contributed by atoms with Crippen molar-refractivity contribution in [1.29, 1.82) is 0 Å². The normalized spacial score (nSPS) is 19.9. The summed E-state index contributed by atoms with van der Waals surface area (Å²) in [6, 6.07) is 0. The fourth-order valence-corrected chi connectivity index (χ4v) is 2.41. The fraction of sp³-hybridized carbons (Fsp3) is 0.750. The minimum Gasteiger partial charge on any atom is -0.466 e. The van der Waals surface area contributed by atoms with Gasteiger partial charge in [0.2, 0.25) is 0 Å². The fourth-order valence-electron chi connectivity index (χ4n) is 2.41. The van der Waals surface area contributed by atoms with E-state index < -0.39 is 48.9 Å². The Morgan fingerprint density at radius 1 is 0.708 bits per heavy atom. The summed E-state index contributed by atoms with van der Waals surface area (Å²) in [5.74, 6) is -2.75. The molecule has 1 aliphatic carbocycles. The molecule has 1 aliphatic rings. The summed E-state index contributed by atoms with van der Waals surface area (Å²) in [4.78, 5) is 46.1. The van der Waals surface area contributed by atoms with Crippen LogP contribution in [0.2, 0.25) is 0 Å². The largest absolute Gasteiger partial charge is 0.466 e. The van der Waals surface area contributed by atoms with E-state index in [-0.39, 0.29) is 13.2 Å². The van der Waals surface area contributed by atoms with Gasteiger partial charge in [0.1, 0.15) is 25.0 Å². The van der Waals surface area contributed by atoms with Crippen LogP contribution in [-0.4, -0.2) is 49.3 Å². The van der Waals surface area contributed by atoms with Crippen LogP contribution in [0.4, 0.5) is 0 Å². The molecule has 1 saturated carbocycles. The van der Waals surface area contributed by atoms with Gasteiger partial charge in [-0.3, -0.25) is 19.2 Å². The first-order valence-corrected chi connectivity index (χ1v) is 8.16. The van der Waals surface area contributed by atoms with Crippen molar-refractivity contribution in [3.8, 4) is 0 Å². The standard InChI is InChI=1S/C16H24O8/c1-3-21-13(17)9-15(19)23-11-7-5-6-8-12(11)24-16(20)10-14(18)22-4-2/h11-12H,3-10H2,1-2H3/t11-,12-/m1/s1. The lowest BCUT2D eigenvalue weighted by Crippen LogP contribution is -2.38. The third-order valence-corrected chi connectivity index (χ3v) is 3.40. The van der Waals surface area contributed by atoms with Crippen LogP contribution in [0, 0.1) is 0 Å². The van der Waals surface area contributed by atoms with Gasteiger partial charge in [-0.15, -0.1) is 0 Å². The summed E-state index contributed by atoms with van der Waals surface area (Å²) < 4.78 is 19.8. The molecule has 0 bridgehead atoms. The summed E-state index contributed by atoms with van der Waals surface area (Å²) >= 11 is 0. The summed E-state index contributed by atoms with van der Waals surface area (Å²) in [6.45, 7) is 3.65. The Labute approximate surface area is 140 Å². The monoisotopic (exact) mass is 344 g/mol. The maximum atomic E-state index is 11.8. The van der Waals surface area contributed by atoms with Crippen LogP contribution in [-0.2, 0) is 38.1 Å². The van der Waals surface area contributed by atoms with Gasteiger partial charge in [0.15, 0.2) is 0 Å². The van der Waals surface area contributed by atoms with Gasteiger partial charge in [-0.25, -0.2) is 0 Å². The molecule has 0 aliphatic heterocycles. The van der Waals surface area contributed by atoms with Gasteiger partial charge in [-0.1, -0.05) is 0 Å². The first kappa shape index (κ1) is 19.9. The smallest absolute Gasteiger partial charge is 0.317 e. The van der Waals surface area contributed by atoms with E-state index in [0.717, 1.165) is 12.8 Å². The first-order chi connectivity index (χ1) is 11.5. The Kier molecular flexibility index (Phi) is 8.81. The number of ether oxygens (including phenoxy) is 4. The van der Waals surface area contributed by atoms with Crippen LogP contribution in [0.1, 0.15) is 52.4 Å². The van der Waals surface area contributed by atoms with Crippen molar-refractivity contribution >= 4 is 23.9 Å². The van der Waals surface area contributed by atoms with Gasteiger partial charge in [0.05, 0.1) is 13.2 Å². The molecule has 0 spiro atoms. The van der Waals surface area contributed by atoms with Gasteiger partial charge in [-0.05, 0) is 39.5 Å². The van der Waals surface area contributed by atoms with Gasteiger partial charge in [0, 0.05) is 0 Å². The molecule has 0 saturated heterocycles. The molecule has 1 fully saturated rings. The molecule has 0 amide bonds. The zero-order chi connectivity index (χ0) is 17.9. The lowest BCUT2D eigenvalue weighted by atomic mass is 9.94. The summed E-state index contributed by atoms with van der Waals surface area (Å²) in [5, 5.41) is 0. The van der Waals surface area contributed by atoms with Crippen molar-refractivity contribution in [3.05, 3.63) is 0 Å². The third-order valence-electron chi connectivity index (χ3n) is 3.40. The predicted molar refractivity (Wildman–Crippen MR) is 80.7 cm³/mol. The number of rotatable bonds is 8. The molecule has 136 valence electrons. The van der Waals surface area contributed by atoms with E-state index in [9.17, 15) is 19.2 Å². The quantitative estimate of drug-likeness (QED) is 0.368. The molecule has 8 heteroatoms. The Hall–Kier alpha value is -2.12. The van der Waals surface area contributed by atoms with E-state index in [1.165, 1.54) is 0 Å². The molecule has 24 heavy (non-hydrogen) atoms. The average Bonchev–Trinajstić information content (AvgIpc) is 2.49. The number of hydrogen-bond donors (Lipinski definition) is 0. The zero-order valence-electron chi connectivity index (χ0n) is 14.1. The van der Waals surface area contributed by atoms with E-state index in [1.807, 2.05) is 0 Å². The van der Waals surface area contributed by atoms with Crippen molar-refractivity contribution in [2.75, 3.05) is 13.2 Å². The molecule has 1 rings (SSSR count). The maximum absolute atomic E-state index is 11.8. The molecule has 0 aromatic rings. The molecule has 8 nitrogen and oxygen atoms in total. The number of carbonyl (C=O) groups excluding carboxylic acids is 4. The molecule has 0 aromatic carbocycles. The lowest BCUT2D eigenvalue weighted by molar-refractivity contribution is -0.176. The zero-order valence-corrected chi connectivity index (χ0v) is 14.1. The van der Waals surface area contributed by atoms with Crippen LogP contribution in [0.3, 0.4) is 0 Å². The van der Waals surface area contributed by atoms with Crippen LogP contribution in [0.15, 0.2) is 0 Å². The van der Waals surface area contributed by atoms with E-state index in [2.05, 4.69) is 9.47 Å². The second-order valence-corrected chi connectivity index (χ2v) is 5.30. The van der Waals surface area contributed by atoms with Gasteiger partial charge in [-0.2, -0.15) is 0 Å². The van der Waals surface area contributed by atoms with Crippen molar-refractivity contribution in [2.45, 2.75) is 64.6 Å². The highest BCUT2D eigenvalue weighted by Crippen LogP contribution is 2.24. The van der Waals surface area contributed by atoms with Crippen LogP contribution in [0.5, 0.6) is 0 Å². The summed E-state index contributed by atoms with van der Waals surface area (Å²) in [5.41, 5.74) is 0. The number of esters is 4. The highest BCUT2D eigenvalue weighted by atomic mass is 16.6. The van der Waals surface area contributed by atoms with E-state index >= 15 is 0 Å². The van der Waals surface area contributed by atoms with Gasteiger partial charge in [0.25, 0.3) is 0 Å². The number of hydrogen-bond acceptors (Lipinski definition) is 8. The molecule has 0 aromatic heterocycles. The highest BCUT2D eigenvalue weighted by molar-refractivity contribution is 5.92. The molecule has 0 radical (unpaired) electrons. The van der Waals surface area contributed by atoms with Crippen molar-refractivity contribution in [2.24, 2.45) is 0 Å². The molecule has 2 atom stereocenters. The lowest BCUT2D eigenvalue weighted by Gasteiger charge is -2.30. The number of carbonyl (C=O) groups is 4. The Balaban J connectivity index is 2.49. The second kappa shape index (κ2) is 10.6. The highest BCUT2D eigenvalue weighted by Gasteiger charge is 2.32. The minimum atomic E-state index is -0.716. The van der Waals surface area contributed by atoms with Crippen molar-refractivity contribution < 1.29 is 38.1 Å². The Morgan fingerprint density at radius 3 is 1.42 bits per heavy atom. The van der Waals surface area contributed by atoms with E-state index in [1.54, 1.807) is 13.8 Å². The predicted octanol–water partition coefficient (Wildman–Crippen LogP) is 1.29. The average molecular weight is 344 g/mol. The first-order valence-electron chi connectivity index (χ1n) is 8.16. The van der Waals surface area contributed by atoms with Crippen LogP contribution >= 0.6 is 0 Å². The summed E-state index contributed by atoms with van der Waals surface area (Å²) in [7, 11) is 0. The molecule has 0 N–H and O–H groups in total. The van der Waals surface area contributed by atoms with E-state index in [4.69, 9.17) is 9.47 Å². The molecular weight excluding hydrogens is 320 g/mol. The molecule has 0 heterocycles.